The van der Waals surface area contributed by atoms with Crippen LogP contribution in [0.25, 0.3) is 0 Å². The second-order valence-corrected chi connectivity index (χ2v) is 6.17. The Kier molecular flexibility index (Phi) is 5.57. The Bertz CT molecular complexity index is 523. The van der Waals surface area contributed by atoms with Crippen molar-refractivity contribution >= 4 is 5.91 Å². The van der Waals surface area contributed by atoms with Crippen LogP contribution in [-0.2, 0) is 16.0 Å². The van der Waals surface area contributed by atoms with Gasteiger partial charge in [0.05, 0.1) is 19.3 Å². The number of hydrogen-bond donors (Lipinski definition) is 1. The third-order valence-electron chi connectivity index (χ3n) is 4.05. The molecule has 0 heterocycles. The molecular formula is C17H23F2NO3. The highest BCUT2D eigenvalue weighted by molar-refractivity contribution is 5.77. The molecule has 0 radical (unpaired) electrons. The van der Waals surface area contributed by atoms with Gasteiger partial charge in [0.2, 0.25) is 5.91 Å². The zero-order chi connectivity index (χ0) is 16.9. The lowest BCUT2D eigenvalue weighted by Gasteiger charge is -2.47. The number of halogens is 2. The number of amides is 1. The minimum absolute atomic E-state index is 0.118. The van der Waals surface area contributed by atoms with E-state index in [4.69, 9.17) is 9.47 Å². The van der Waals surface area contributed by atoms with Gasteiger partial charge in [-0.05, 0) is 30.5 Å². The van der Waals surface area contributed by atoms with Crippen molar-refractivity contribution in [2.45, 2.75) is 43.6 Å². The topological polar surface area (TPSA) is 47.6 Å². The predicted octanol–water partition coefficient (Wildman–Crippen LogP) is 2.95. The maximum atomic E-state index is 13.1. The van der Waals surface area contributed by atoms with Gasteiger partial charge in [0.1, 0.15) is 5.75 Å². The third kappa shape index (κ3) is 4.89. The lowest BCUT2D eigenvalue weighted by molar-refractivity contribution is -0.158. The van der Waals surface area contributed by atoms with Crippen LogP contribution in [0.2, 0.25) is 0 Å². The van der Waals surface area contributed by atoms with Crippen molar-refractivity contribution in [3.8, 4) is 5.75 Å². The van der Waals surface area contributed by atoms with Gasteiger partial charge in [-0.1, -0.05) is 12.1 Å². The van der Waals surface area contributed by atoms with E-state index in [-0.39, 0.29) is 25.4 Å². The number of aryl methyl sites for hydroxylation is 1. The van der Waals surface area contributed by atoms with E-state index >= 15 is 0 Å². The highest BCUT2D eigenvalue weighted by Gasteiger charge is 2.57. The zero-order valence-electron chi connectivity index (χ0n) is 13.5. The summed E-state index contributed by atoms with van der Waals surface area (Å²) in [4.78, 5) is 12.0. The van der Waals surface area contributed by atoms with Gasteiger partial charge >= 0.3 is 0 Å². The second kappa shape index (κ2) is 7.25. The van der Waals surface area contributed by atoms with E-state index in [1.807, 2.05) is 24.3 Å². The summed E-state index contributed by atoms with van der Waals surface area (Å²) in [5.41, 5.74) is 0.204. The molecule has 1 amide bonds. The summed E-state index contributed by atoms with van der Waals surface area (Å²) >= 11 is 0. The Labute approximate surface area is 135 Å². The van der Waals surface area contributed by atoms with Crippen LogP contribution in [0.5, 0.6) is 5.75 Å². The average molecular weight is 327 g/mol. The fourth-order valence-corrected chi connectivity index (χ4v) is 3.04. The lowest BCUT2D eigenvalue weighted by atomic mass is 9.73. The molecule has 23 heavy (non-hydrogen) atoms. The number of hydrogen-bond acceptors (Lipinski definition) is 3. The molecule has 0 bridgehead atoms. The molecule has 0 atom stereocenters. The third-order valence-corrected chi connectivity index (χ3v) is 4.05. The Morgan fingerprint density at radius 3 is 2.39 bits per heavy atom. The van der Waals surface area contributed by atoms with Crippen LogP contribution in [0.15, 0.2) is 24.3 Å². The minimum atomic E-state index is -2.70. The van der Waals surface area contributed by atoms with Crippen LogP contribution in [0.1, 0.15) is 31.2 Å². The molecular weight excluding hydrogens is 304 g/mol. The van der Waals surface area contributed by atoms with Crippen molar-refractivity contribution in [3.05, 3.63) is 29.8 Å². The van der Waals surface area contributed by atoms with Gasteiger partial charge in [-0.15, -0.1) is 0 Å². The molecule has 2 rings (SSSR count). The number of rotatable bonds is 8. The summed E-state index contributed by atoms with van der Waals surface area (Å²) in [6, 6.07) is 7.66. The molecule has 0 spiro atoms. The van der Waals surface area contributed by atoms with Crippen molar-refractivity contribution in [1.29, 1.82) is 0 Å². The lowest BCUT2D eigenvalue weighted by Crippen LogP contribution is -2.64. The van der Waals surface area contributed by atoms with Crippen LogP contribution in [-0.4, -0.2) is 38.2 Å². The van der Waals surface area contributed by atoms with E-state index in [9.17, 15) is 13.6 Å². The maximum absolute atomic E-state index is 13.1. The zero-order valence-corrected chi connectivity index (χ0v) is 13.5. The van der Waals surface area contributed by atoms with E-state index in [1.54, 1.807) is 7.11 Å². The Balaban J connectivity index is 1.75. The number of ether oxygens (including phenoxy) is 2. The van der Waals surface area contributed by atoms with Crippen LogP contribution >= 0.6 is 0 Å². The summed E-state index contributed by atoms with van der Waals surface area (Å²) in [5, 5.41) is 2.73. The summed E-state index contributed by atoms with van der Waals surface area (Å²) in [5.74, 6) is -2.11. The monoisotopic (exact) mass is 327 g/mol. The molecule has 1 N–H and O–H groups in total. The van der Waals surface area contributed by atoms with Gasteiger partial charge in [0.15, 0.2) is 0 Å². The van der Waals surface area contributed by atoms with Crippen molar-refractivity contribution in [2.24, 2.45) is 0 Å². The first-order valence-electron chi connectivity index (χ1n) is 7.69. The van der Waals surface area contributed by atoms with Crippen molar-refractivity contribution < 1.29 is 23.0 Å². The first-order chi connectivity index (χ1) is 10.9. The standard InChI is InChI=1S/C17H23F2NO3/c1-22-12-16(10-17(18,19)11-16)20-15(21)5-3-4-13-6-8-14(23-2)9-7-13/h6-9H,3-5,10-12H2,1-2H3,(H,20,21). The summed E-state index contributed by atoms with van der Waals surface area (Å²) in [6.07, 6.45) is 1.03. The highest BCUT2D eigenvalue weighted by Crippen LogP contribution is 2.45. The Morgan fingerprint density at radius 1 is 1.22 bits per heavy atom. The molecule has 1 aromatic rings. The molecule has 4 nitrogen and oxygen atoms in total. The van der Waals surface area contributed by atoms with Gasteiger partial charge in [-0.3, -0.25) is 4.79 Å². The molecule has 1 saturated carbocycles. The molecule has 1 fully saturated rings. The number of benzene rings is 1. The summed E-state index contributed by atoms with van der Waals surface area (Å²) < 4.78 is 36.3. The van der Waals surface area contributed by atoms with Crippen molar-refractivity contribution in [3.63, 3.8) is 0 Å². The van der Waals surface area contributed by atoms with Crippen molar-refractivity contribution in [1.82, 2.24) is 5.32 Å². The van der Waals surface area contributed by atoms with Crippen LogP contribution in [0.4, 0.5) is 8.78 Å². The van der Waals surface area contributed by atoms with E-state index in [2.05, 4.69) is 5.32 Å². The second-order valence-electron chi connectivity index (χ2n) is 6.17. The summed E-state index contributed by atoms with van der Waals surface area (Å²) in [7, 11) is 3.06. The molecule has 128 valence electrons. The molecule has 6 heteroatoms. The highest BCUT2D eigenvalue weighted by atomic mass is 19.3. The number of methoxy groups -OCH3 is 2. The van der Waals surface area contributed by atoms with E-state index in [1.165, 1.54) is 7.11 Å². The SMILES string of the molecule is COCC1(NC(=O)CCCc2ccc(OC)cc2)CC(F)(F)C1. The largest absolute Gasteiger partial charge is 0.497 e. The predicted molar refractivity (Wildman–Crippen MR) is 82.9 cm³/mol. The molecule has 0 aromatic heterocycles. The van der Waals surface area contributed by atoms with Gasteiger partial charge < -0.3 is 14.8 Å². The fraction of sp³-hybridized carbons (Fsp3) is 0.588. The summed E-state index contributed by atoms with van der Waals surface area (Å²) in [6.45, 7) is 0.118. The number of nitrogens with one attached hydrogen (secondary N) is 1. The smallest absolute Gasteiger partial charge is 0.252 e. The van der Waals surface area contributed by atoms with E-state index in [0.29, 0.717) is 12.8 Å². The number of carbonyl (C=O) groups excluding carboxylic acids is 1. The van der Waals surface area contributed by atoms with Gasteiger partial charge in [0, 0.05) is 26.4 Å². The first-order valence-corrected chi connectivity index (χ1v) is 7.69. The quantitative estimate of drug-likeness (QED) is 0.798. The van der Waals surface area contributed by atoms with Crippen LogP contribution < -0.4 is 10.1 Å². The molecule has 1 aliphatic rings. The molecule has 0 aliphatic heterocycles. The number of alkyl halides is 2. The fourth-order valence-electron chi connectivity index (χ4n) is 3.04. The first kappa shape index (κ1) is 17.7. The van der Waals surface area contributed by atoms with E-state index < -0.39 is 11.5 Å². The molecule has 1 aliphatic carbocycles. The van der Waals surface area contributed by atoms with E-state index in [0.717, 1.165) is 17.7 Å². The Hall–Kier alpha value is -1.69. The molecule has 1 aromatic carbocycles. The molecule has 0 saturated heterocycles. The van der Waals surface area contributed by atoms with Crippen molar-refractivity contribution in [2.75, 3.05) is 20.8 Å². The average Bonchev–Trinajstić information content (AvgIpc) is 2.46. The molecule has 0 unspecified atom stereocenters. The number of carbonyl (C=O) groups is 1. The normalized spacial score (nSPS) is 18.1. The van der Waals surface area contributed by atoms with Crippen LogP contribution in [0, 0.1) is 0 Å². The minimum Gasteiger partial charge on any atom is -0.497 e. The Morgan fingerprint density at radius 2 is 1.87 bits per heavy atom. The maximum Gasteiger partial charge on any atom is 0.252 e. The van der Waals surface area contributed by atoms with Gasteiger partial charge in [0.25, 0.3) is 5.92 Å². The van der Waals surface area contributed by atoms with Crippen LogP contribution in [0.3, 0.4) is 0 Å². The van der Waals surface area contributed by atoms with Gasteiger partial charge in [-0.25, -0.2) is 8.78 Å². The van der Waals surface area contributed by atoms with Gasteiger partial charge in [-0.2, -0.15) is 0 Å².